The molecule has 16 heavy (non-hydrogen) atoms. The molecule has 1 heterocycles. The second kappa shape index (κ2) is 4.10. The van der Waals surface area contributed by atoms with E-state index < -0.39 is 0 Å². The molecule has 0 fully saturated rings. The van der Waals surface area contributed by atoms with Crippen LogP contribution in [0.15, 0.2) is 35.4 Å². The van der Waals surface area contributed by atoms with Crippen LogP contribution in [0.5, 0.6) is 0 Å². The van der Waals surface area contributed by atoms with Crippen LogP contribution in [0.4, 0.5) is 0 Å². The van der Waals surface area contributed by atoms with Gasteiger partial charge in [0.1, 0.15) is 0 Å². The number of hydrogen-bond acceptors (Lipinski definition) is 2. The number of aromatic nitrogens is 2. The summed E-state index contributed by atoms with van der Waals surface area (Å²) in [7, 11) is 0. The molecule has 0 saturated carbocycles. The van der Waals surface area contributed by atoms with Gasteiger partial charge in [-0.1, -0.05) is 23.7 Å². The fraction of sp³-hybridized carbons (Fsp3) is 0.167. The molecule has 1 aromatic heterocycles. The van der Waals surface area contributed by atoms with E-state index in [1.807, 2.05) is 32.0 Å². The van der Waals surface area contributed by atoms with Crippen molar-refractivity contribution in [1.82, 2.24) is 9.55 Å². The van der Waals surface area contributed by atoms with E-state index in [9.17, 15) is 4.79 Å². The van der Waals surface area contributed by atoms with Crippen LogP contribution < -0.4 is 5.56 Å². The van der Waals surface area contributed by atoms with E-state index in [1.54, 1.807) is 6.20 Å². The van der Waals surface area contributed by atoms with Crippen LogP contribution in [0, 0.1) is 13.8 Å². The van der Waals surface area contributed by atoms with Crippen molar-refractivity contribution in [3.63, 3.8) is 0 Å². The van der Waals surface area contributed by atoms with Gasteiger partial charge in [0.05, 0.1) is 5.69 Å². The summed E-state index contributed by atoms with van der Waals surface area (Å²) in [6.07, 6.45) is 3.14. The van der Waals surface area contributed by atoms with Gasteiger partial charge in [-0.25, -0.2) is 4.98 Å². The molecule has 3 nitrogen and oxygen atoms in total. The maximum atomic E-state index is 11.8. The number of hydrogen-bond donors (Lipinski definition) is 0. The SMILES string of the molecule is Cc1ccc(C)c(-n2ccnc(Cl)c2=O)c1. The zero-order valence-electron chi connectivity index (χ0n) is 9.07. The van der Waals surface area contributed by atoms with Crippen LogP contribution in [0.2, 0.25) is 5.15 Å². The molecule has 0 saturated heterocycles. The van der Waals surface area contributed by atoms with Crippen LogP contribution in [-0.2, 0) is 0 Å². The number of halogens is 1. The average Bonchev–Trinajstić information content (AvgIpc) is 2.26. The van der Waals surface area contributed by atoms with Gasteiger partial charge < -0.3 is 0 Å². The highest BCUT2D eigenvalue weighted by molar-refractivity contribution is 6.29. The summed E-state index contributed by atoms with van der Waals surface area (Å²) >= 11 is 5.71. The Morgan fingerprint density at radius 1 is 1.31 bits per heavy atom. The van der Waals surface area contributed by atoms with Crippen molar-refractivity contribution in [1.29, 1.82) is 0 Å². The smallest absolute Gasteiger partial charge is 0.280 e. The molecule has 0 spiro atoms. The Bertz CT molecular complexity index is 590. The minimum absolute atomic E-state index is 0.0107. The lowest BCUT2D eigenvalue weighted by Gasteiger charge is -2.09. The quantitative estimate of drug-likeness (QED) is 0.760. The van der Waals surface area contributed by atoms with Crippen LogP contribution in [0.3, 0.4) is 0 Å². The largest absolute Gasteiger partial charge is 0.292 e. The molecule has 0 aliphatic heterocycles. The summed E-state index contributed by atoms with van der Waals surface area (Å²) in [6, 6.07) is 5.94. The van der Waals surface area contributed by atoms with Crippen molar-refractivity contribution in [2.45, 2.75) is 13.8 Å². The van der Waals surface area contributed by atoms with E-state index in [1.165, 1.54) is 10.8 Å². The standard InChI is InChI=1S/C12H11ClN2O/c1-8-3-4-9(2)10(7-8)15-6-5-14-11(13)12(15)16/h3-7H,1-2H3. The third-order valence-electron chi connectivity index (χ3n) is 2.42. The van der Waals surface area contributed by atoms with E-state index >= 15 is 0 Å². The number of nitrogens with zero attached hydrogens (tertiary/aromatic N) is 2. The fourth-order valence-corrected chi connectivity index (χ4v) is 1.70. The average molecular weight is 235 g/mol. The summed E-state index contributed by atoms with van der Waals surface area (Å²) in [6.45, 7) is 3.94. The molecule has 0 bridgehead atoms. The molecule has 0 aliphatic carbocycles. The highest BCUT2D eigenvalue weighted by Crippen LogP contribution is 2.14. The second-order valence-electron chi connectivity index (χ2n) is 3.68. The Kier molecular flexibility index (Phi) is 2.79. The fourth-order valence-electron chi connectivity index (χ4n) is 1.56. The summed E-state index contributed by atoms with van der Waals surface area (Å²) in [5.41, 5.74) is 2.67. The van der Waals surface area contributed by atoms with Crippen molar-refractivity contribution in [2.75, 3.05) is 0 Å². The molecule has 0 amide bonds. The van der Waals surface area contributed by atoms with Gasteiger partial charge in [-0.3, -0.25) is 9.36 Å². The molecule has 2 aromatic rings. The molecular formula is C12H11ClN2O. The van der Waals surface area contributed by atoms with E-state index in [0.29, 0.717) is 0 Å². The number of rotatable bonds is 1. The lowest BCUT2D eigenvalue weighted by atomic mass is 10.1. The number of aryl methyl sites for hydroxylation is 2. The molecule has 4 heteroatoms. The van der Waals surface area contributed by atoms with Crippen LogP contribution in [-0.4, -0.2) is 9.55 Å². The van der Waals surface area contributed by atoms with Gasteiger partial charge in [-0.15, -0.1) is 0 Å². The van der Waals surface area contributed by atoms with E-state index in [-0.39, 0.29) is 10.7 Å². The van der Waals surface area contributed by atoms with Crippen LogP contribution in [0.25, 0.3) is 5.69 Å². The predicted octanol–water partition coefficient (Wildman–Crippen LogP) is 2.50. The zero-order chi connectivity index (χ0) is 11.7. The molecule has 0 aliphatic rings. The monoisotopic (exact) mass is 234 g/mol. The van der Waals surface area contributed by atoms with E-state index in [4.69, 9.17) is 11.6 Å². The molecule has 0 N–H and O–H groups in total. The highest BCUT2D eigenvalue weighted by Gasteiger charge is 2.06. The number of benzene rings is 1. The minimum Gasteiger partial charge on any atom is -0.280 e. The summed E-state index contributed by atoms with van der Waals surface area (Å²) < 4.78 is 1.51. The third-order valence-corrected chi connectivity index (χ3v) is 2.68. The van der Waals surface area contributed by atoms with Gasteiger partial charge in [-0.2, -0.15) is 0 Å². The Balaban J connectivity index is 2.72. The van der Waals surface area contributed by atoms with Crippen molar-refractivity contribution < 1.29 is 0 Å². The first-order valence-corrected chi connectivity index (χ1v) is 5.28. The maximum absolute atomic E-state index is 11.8. The van der Waals surface area contributed by atoms with Crippen molar-refractivity contribution in [2.24, 2.45) is 0 Å². The maximum Gasteiger partial charge on any atom is 0.292 e. The lowest BCUT2D eigenvalue weighted by molar-refractivity contribution is 0.945. The van der Waals surface area contributed by atoms with Crippen molar-refractivity contribution in [3.8, 4) is 5.69 Å². The summed E-state index contributed by atoms with van der Waals surface area (Å²) in [4.78, 5) is 15.6. The molecule has 82 valence electrons. The first-order chi connectivity index (χ1) is 7.59. The lowest BCUT2D eigenvalue weighted by Crippen LogP contribution is -2.19. The van der Waals surface area contributed by atoms with Crippen molar-refractivity contribution >= 4 is 11.6 Å². The predicted molar refractivity (Wildman–Crippen MR) is 64.3 cm³/mol. The molecule has 0 atom stereocenters. The summed E-state index contributed by atoms with van der Waals surface area (Å²) in [5.74, 6) is 0. The van der Waals surface area contributed by atoms with Crippen LogP contribution in [0.1, 0.15) is 11.1 Å². The Morgan fingerprint density at radius 2 is 2.06 bits per heavy atom. The molecule has 1 aromatic carbocycles. The van der Waals surface area contributed by atoms with E-state index in [0.717, 1.165) is 16.8 Å². The first-order valence-electron chi connectivity index (χ1n) is 4.90. The first kappa shape index (κ1) is 10.9. The van der Waals surface area contributed by atoms with Crippen molar-refractivity contribution in [3.05, 3.63) is 57.2 Å². The topological polar surface area (TPSA) is 34.9 Å². The molecule has 0 radical (unpaired) electrons. The van der Waals surface area contributed by atoms with Gasteiger partial charge in [0, 0.05) is 12.4 Å². The van der Waals surface area contributed by atoms with E-state index in [2.05, 4.69) is 4.98 Å². The highest BCUT2D eigenvalue weighted by atomic mass is 35.5. The Morgan fingerprint density at radius 3 is 2.81 bits per heavy atom. The molecule has 0 unspecified atom stereocenters. The third kappa shape index (κ3) is 1.86. The normalized spacial score (nSPS) is 10.4. The van der Waals surface area contributed by atoms with Gasteiger partial charge in [0.25, 0.3) is 5.56 Å². The Labute approximate surface area is 98.3 Å². The van der Waals surface area contributed by atoms with Gasteiger partial charge in [-0.05, 0) is 31.0 Å². The van der Waals surface area contributed by atoms with Crippen LogP contribution >= 0.6 is 11.6 Å². The Hall–Kier alpha value is -1.61. The second-order valence-corrected chi connectivity index (χ2v) is 4.04. The summed E-state index contributed by atoms with van der Waals surface area (Å²) in [5, 5.41) is -0.0107. The molecular weight excluding hydrogens is 224 g/mol. The molecule has 2 rings (SSSR count). The zero-order valence-corrected chi connectivity index (χ0v) is 9.82. The van der Waals surface area contributed by atoms with Gasteiger partial charge in [0.15, 0.2) is 5.15 Å². The van der Waals surface area contributed by atoms with Gasteiger partial charge >= 0.3 is 0 Å². The van der Waals surface area contributed by atoms with Gasteiger partial charge in [0.2, 0.25) is 0 Å². The minimum atomic E-state index is -0.294.